The third-order valence-electron chi connectivity index (χ3n) is 3.88. The van der Waals surface area contributed by atoms with Gasteiger partial charge in [0.25, 0.3) is 0 Å². The second-order valence-electron chi connectivity index (χ2n) is 5.64. The van der Waals surface area contributed by atoms with Crippen LogP contribution in [-0.2, 0) is 17.3 Å². The lowest BCUT2D eigenvalue weighted by Crippen LogP contribution is -2.33. The van der Waals surface area contributed by atoms with Crippen molar-refractivity contribution in [2.24, 2.45) is 0 Å². The molecule has 1 fully saturated rings. The van der Waals surface area contributed by atoms with Crippen molar-refractivity contribution in [3.8, 4) is 0 Å². The third-order valence-corrected chi connectivity index (χ3v) is 4.18. The average molecular weight is 357 g/mol. The van der Waals surface area contributed by atoms with E-state index in [9.17, 15) is 13.2 Å². The number of ether oxygens (including phenoxy) is 1. The largest absolute Gasteiger partial charge is 0.417 e. The van der Waals surface area contributed by atoms with Gasteiger partial charge < -0.3 is 10.1 Å². The quantitative estimate of drug-likeness (QED) is 0.902. The smallest absolute Gasteiger partial charge is 0.371 e. The number of morpholine rings is 1. The number of aromatic nitrogens is 1. The molecule has 24 heavy (non-hydrogen) atoms. The molecule has 2 aromatic rings. The Morgan fingerprint density at radius 2 is 2.00 bits per heavy atom. The van der Waals surface area contributed by atoms with Crippen molar-refractivity contribution in [3.63, 3.8) is 0 Å². The van der Waals surface area contributed by atoms with Crippen LogP contribution in [0.25, 0.3) is 0 Å². The van der Waals surface area contributed by atoms with Crippen LogP contribution in [0.2, 0.25) is 5.02 Å². The summed E-state index contributed by atoms with van der Waals surface area (Å²) in [5, 5.41) is 2.87. The Labute approximate surface area is 142 Å². The molecule has 1 atom stereocenters. The van der Waals surface area contributed by atoms with Crippen LogP contribution in [0.1, 0.15) is 28.5 Å². The van der Waals surface area contributed by atoms with Crippen molar-refractivity contribution in [2.45, 2.75) is 18.7 Å². The molecule has 0 radical (unpaired) electrons. The number of nitrogens with one attached hydrogen (secondary N) is 1. The van der Waals surface area contributed by atoms with Crippen molar-refractivity contribution in [3.05, 3.63) is 63.9 Å². The third kappa shape index (κ3) is 4.06. The number of benzene rings is 1. The van der Waals surface area contributed by atoms with E-state index in [4.69, 9.17) is 16.3 Å². The Kier molecular flexibility index (Phi) is 5.08. The maximum absolute atomic E-state index is 12.9. The summed E-state index contributed by atoms with van der Waals surface area (Å²) in [6.45, 7) is 2.27. The summed E-state index contributed by atoms with van der Waals surface area (Å²) in [7, 11) is 0. The molecule has 0 amide bonds. The molecule has 7 heteroatoms. The van der Waals surface area contributed by atoms with Crippen LogP contribution in [0.15, 0.2) is 36.5 Å². The van der Waals surface area contributed by atoms with Crippen LogP contribution in [0.5, 0.6) is 0 Å². The van der Waals surface area contributed by atoms with Crippen LogP contribution in [0.3, 0.4) is 0 Å². The predicted molar refractivity (Wildman–Crippen MR) is 85.1 cm³/mol. The van der Waals surface area contributed by atoms with E-state index in [1.165, 1.54) is 0 Å². The highest BCUT2D eigenvalue weighted by atomic mass is 35.5. The number of hydrogen-bond acceptors (Lipinski definition) is 3. The monoisotopic (exact) mass is 356 g/mol. The van der Waals surface area contributed by atoms with E-state index in [0.29, 0.717) is 18.7 Å². The Morgan fingerprint density at radius 3 is 2.62 bits per heavy atom. The van der Waals surface area contributed by atoms with Crippen molar-refractivity contribution < 1.29 is 17.9 Å². The van der Waals surface area contributed by atoms with Gasteiger partial charge in [-0.05, 0) is 17.2 Å². The molecule has 0 saturated carbocycles. The molecule has 1 aliphatic rings. The number of pyridine rings is 1. The van der Waals surface area contributed by atoms with Crippen LogP contribution >= 0.6 is 11.6 Å². The molecule has 0 bridgehead atoms. The van der Waals surface area contributed by atoms with Gasteiger partial charge in [0.2, 0.25) is 0 Å². The molecule has 0 aliphatic carbocycles. The van der Waals surface area contributed by atoms with Gasteiger partial charge in [-0.15, -0.1) is 0 Å². The van der Waals surface area contributed by atoms with Crippen LogP contribution in [-0.4, -0.2) is 24.7 Å². The standard InChI is InChI=1S/C17H16ClF3N2O/c18-15-9-23-13(8-14(15)17(19,20)21)7-11-1-3-12(4-2-11)16-10-22-5-6-24-16/h1-4,8-9,16,22H,5-7,10H2/t16-/m1/s1. The topological polar surface area (TPSA) is 34.1 Å². The fourth-order valence-corrected chi connectivity index (χ4v) is 2.85. The van der Waals surface area contributed by atoms with E-state index in [2.05, 4.69) is 10.3 Å². The fraction of sp³-hybridized carbons (Fsp3) is 0.353. The van der Waals surface area contributed by atoms with Gasteiger partial charge in [0, 0.05) is 31.4 Å². The van der Waals surface area contributed by atoms with Gasteiger partial charge in [-0.3, -0.25) is 4.98 Å². The van der Waals surface area contributed by atoms with E-state index in [1.54, 1.807) is 0 Å². The van der Waals surface area contributed by atoms with E-state index in [1.807, 2.05) is 24.3 Å². The van der Waals surface area contributed by atoms with Crippen LogP contribution < -0.4 is 5.32 Å². The predicted octanol–water partition coefficient (Wildman–Crippen LogP) is 4.01. The zero-order valence-electron chi connectivity index (χ0n) is 12.7. The van der Waals surface area contributed by atoms with E-state index in [-0.39, 0.29) is 11.1 Å². The average Bonchev–Trinajstić information content (AvgIpc) is 2.57. The molecular weight excluding hydrogens is 341 g/mol. The summed E-state index contributed by atoms with van der Waals surface area (Å²) in [6.07, 6.45) is -3.11. The Bertz CT molecular complexity index is 698. The molecule has 1 aliphatic heterocycles. The van der Waals surface area contributed by atoms with Gasteiger partial charge in [0.15, 0.2) is 0 Å². The molecule has 1 aromatic heterocycles. The fourth-order valence-electron chi connectivity index (χ4n) is 2.63. The number of rotatable bonds is 3. The first-order chi connectivity index (χ1) is 11.4. The SMILES string of the molecule is FC(F)(F)c1cc(Cc2ccc([C@H]3CNCCO3)cc2)ncc1Cl. The highest BCUT2D eigenvalue weighted by Crippen LogP contribution is 2.34. The molecule has 1 N–H and O–H groups in total. The van der Waals surface area contributed by atoms with Crippen LogP contribution in [0, 0.1) is 0 Å². The second-order valence-corrected chi connectivity index (χ2v) is 6.04. The molecule has 3 nitrogen and oxygen atoms in total. The van der Waals surface area contributed by atoms with Gasteiger partial charge in [-0.25, -0.2) is 0 Å². The lowest BCUT2D eigenvalue weighted by molar-refractivity contribution is -0.137. The Balaban J connectivity index is 1.74. The summed E-state index contributed by atoms with van der Waals surface area (Å²) in [5.74, 6) is 0. The molecular formula is C17H16ClF3N2O. The lowest BCUT2D eigenvalue weighted by Gasteiger charge is -2.24. The van der Waals surface area contributed by atoms with Gasteiger partial charge in [-0.2, -0.15) is 13.2 Å². The molecule has 2 heterocycles. The maximum Gasteiger partial charge on any atom is 0.417 e. The van der Waals surface area contributed by atoms with Gasteiger partial charge in [0.05, 0.1) is 23.3 Å². The van der Waals surface area contributed by atoms with E-state index >= 15 is 0 Å². The zero-order valence-corrected chi connectivity index (χ0v) is 13.5. The summed E-state index contributed by atoms with van der Waals surface area (Å²) in [4.78, 5) is 3.99. The second kappa shape index (κ2) is 7.09. The Hall–Kier alpha value is -1.63. The van der Waals surface area contributed by atoms with E-state index < -0.39 is 11.7 Å². The van der Waals surface area contributed by atoms with Crippen molar-refractivity contribution >= 4 is 11.6 Å². The van der Waals surface area contributed by atoms with Crippen LogP contribution in [0.4, 0.5) is 13.2 Å². The zero-order chi connectivity index (χ0) is 17.2. The Morgan fingerprint density at radius 1 is 1.25 bits per heavy atom. The number of nitrogens with zero attached hydrogens (tertiary/aromatic N) is 1. The van der Waals surface area contributed by atoms with Crippen molar-refractivity contribution in [2.75, 3.05) is 19.7 Å². The molecule has 0 spiro atoms. The molecule has 3 rings (SSSR count). The van der Waals surface area contributed by atoms with Gasteiger partial charge in [0.1, 0.15) is 0 Å². The normalized spacial score (nSPS) is 18.6. The van der Waals surface area contributed by atoms with E-state index in [0.717, 1.165) is 36.5 Å². The maximum atomic E-state index is 12.9. The van der Waals surface area contributed by atoms with Crippen molar-refractivity contribution in [1.29, 1.82) is 0 Å². The number of alkyl halides is 3. The first-order valence-corrected chi connectivity index (χ1v) is 7.94. The van der Waals surface area contributed by atoms with Gasteiger partial charge in [-0.1, -0.05) is 35.9 Å². The minimum absolute atomic E-state index is 0.0123. The highest BCUT2D eigenvalue weighted by Gasteiger charge is 2.33. The first-order valence-electron chi connectivity index (χ1n) is 7.56. The summed E-state index contributed by atoms with van der Waals surface area (Å²) in [6, 6.07) is 8.65. The molecule has 1 aromatic carbocycles. The van der Waals surface area contributed by atoms with Crippen molar-refractivity contribution in [1.82, 2.24) is 10.3 Å². The lowest BCUT2D eigenvalue weighted by atomic mass is 10.0. The minimum atomic E-state index is -4.48. The highest BCUT2D eigenvalue weighted by molar-refractivity contribution is 6.31. The molecule has 0 unspecified atom stereocenters. The van der Waals surface area contributed by atoms with Gasteiger partial charge >= 0.3 is 6.18 Å². The summed E-state index contributed by atoms with van der Waals surface area (Å²) < 4.78 is 44.4. The summed E-state index contributed by atoms with van der Waals surface area (Å²) in [5.41, 5.74) is 1.40. The first kappa shape index (κ1) is 17.2. The number of hydrogen-bond donors (Lipinski definition) is 1. The summed E-state index contributed by atoms with van der Waals surface area (Å²) >= 11 is 5.59. The number of halogens is 4. The molecule has 1 saturated heterocycles. The minimum Gasteiger partial charge on any atom is -0.371 e. The molecule has 128 valence electrons.